The molecule has 4 heteroatoms. The fourth-order valence-corrected chi connectivity index (χ4v) is 3.71. The van der Waals surface area contributed by atoms with Gasteiger partial charge in [0.1, 0.15) is 0 Å². The van der Waals surface area contributed by atoms with Crippen molar-refractivity contribution < 1.29 is 4.79 Å². The lowest BCUT2D eigenvalue weighted by atomic mass is 9.87. The zero-order valence-electron chi connectivity index (χ0n) is 12.1. The second-order valence-electron chi connectivity index (χ2n) is 6.51. The Morgan fingerprint density at radius 2 is 1.74 bits per heavy atom. The van der Waals surface area contributed by atoms with Gasteiger partial charge in [-0.3, -0.25) is 4.79 Å². The number of carbonyl (C=O) groups excluding carboxylic acids is 1. The van der Waals surface area contributed by atoms with Gasteiger partial charge in [-0.15, -0.1) is 0 Å². The van der Waals surface area contributed by atoms with Crippen molar-refractivity contribution in [3.8, 4) is 0 Å². The lowest BCUT2D eigenvalue weighted by molar-refractivity contribution is -0.139. The molecule has 0 aromatic heterocycles. The maximum atomic E-state index is 12.4. The van der Waals surface area contributed by atoms with Crippen LogP contribution in [0.3, 0.4) is 0 Å². The summed E-state index contributed by atoms with van der Waals surface area (Å²) in [6.07, 6.45) is 5.10. The summed E-state index contributed by atoms with van der Waals surface area (Å²) in [4.78, 5) is 17.2. The van der Waals surface area contributed by atoms with E-state index in [1.807, 2.05) is 0 Å². The summed E-state index contributed by atoms with van der Waals surface area (Å²) in [5.41, 5.74) is 0. The smallest absolute Gasteiger partial charge is 0.225 e. The first-order chi connectivity index (χ1) is 9.25. The van der Waals surface area contributed by atoms with E-state index in [9.17, 15) is 4.79 Å². The maximum absolute atomic E-state index is 12.4. The van der Waals surface area contributed by atoms with E-state index >= 15 is 0 Å². The normalized spacial score (nSPS) is 28.4. The van der Waals surface area contributed by atoms with Gasteiger partial charge in [0.05, 0.1) is 0 Å². The average molecular weight is 265 g/mol. The van der Waals surface area contributed by atoms with Crippen LogP contribution in [-0.2, 0) is 4.79 Å². The number of nitrogens with one attached hydrogen (secondary N) is 1. The number of piperidine rings is 1. The van der Waals surface area contributed by atoms with Gasteiger partial charge >= 0.3 is 0 Å². The van der Waals surface area contributed by atoms with Crippen LogP contribution in [0.25, 0.3) is 0 Å². The molecule has 1 amide bonds. The third-order valence-corrected chi connectivity index (χ3v) is 5.34. The van der Waals surface area contributed by atoms with E-state index in [-0.39, 0.29) is 5.92 Å². The molecule has 1 unspecified atom stereocenters. The Morgan fingerprint density at radius 3 is 2.26 bits per heavy atom. The monoisotopic (exact) mass is 265 g/mol. The molecular formula is C15H27N3O. The van der Waals surface area contributed by atoms with Gasteiger partial charge in [0, 0.05) is 25.0 Å². The van der Waals surface area contributed by atoms with Crippen molar-refractivity contribution >= 4 is 5.91 Å². The van der Waals surface area contributed by atoms with E-state index < -0.39 is 0 Å². The molecule has 3 saturated heterocycles. The molecule has 108 valence electrons. The SMILES string of the molecule is CC(C(=O)N1CCC(N2CCCC2)CC1)C1CNC1. The summed E-state index contributed by atoms with van der Waals surface area (Å²) in [6, 6.07) is 0.743. The molecule has 0 saturated carbocycles. The predicted octanol–water partition coefficient (Wildman–Crippen LogP) is 0.929. The number of hydrogen-bond donors (Lipinski definition) is 1. The highest BCUT2D eigenvalue weighted by atomic mass is 16.2. The van der Waals surface area contributed by atoms with Crippen LogP contribution in [0.4, 0.5) is 0 Å². The molecule has 0 aromatic rings. The van der Waals surface area contributed by atoms with E-state index in [4.69, 9.17) is 0 Å². The summed E-state index contributed by atoms with van der Waals surface area (Å²) in [5.74, 6) is 1.18. The molecule has 0 spiro atoms. The van der Waals surface area contributed by atoms with Gasteiger partial charge in [-0.1, -0.05) is 6.92 Å². The number of amides is 1. The van der Waals surface area contributed by atoms with Crippen molar-refractivity contribution in [2.24, 2.45) is 11.8 Å². The predicted molar refractivity (Wildman–Crippen MR) is 75.9 cm³/mol. The van der Waals surface area contributed by atoms with E-state index in [1.54, 1.807) is 0 Å². The Morgan fingerprint density at radius 1 is 1.11 bits per heavy atom. The molecule has 0 aliphatic carbocycles. The van der Waals surface area contributed by atoms with E-state index in [1.165, 1.54) is 38.8 Å². The fourth-order valence-electron chi connectivity index (χ4n) is 3.71. The molecule has 19 heavy (non-hydrogen) atoms. The van der Waals surface area contributed by atoms with E-state index in [0.29, 0.717) is 11.8 Å². The molecule has 3 heterocycles. The van der Waals surface area contributed by atoms with Crippen LogP contribution >= 0.6 is 0 Å². The molecule has 0 radical (unpaired) electrons. The number of rotatable bonds is 3. The average Bonchev–Trinajstić information content (AvgIpc) is 2.90. The molecule has 0 bridgehead atoms. The van der Waals surface area contributed by atoms with Crippen LogP contribution < -0.4 is 5.32 Å². The third-order valence-electron chi connectivity index (χ3n) is 5.34. The molecule has 3 aliphatic heterocycles. The quantitative estimate of drug-likeness (QED) is 0.824. The van der Waals surface area contributed by atoms with Crippen LogP contribution in [0.15, 0.2) is 0 Å². The maximum Gasteiger partial charge on any atom is 0.225 e. The Hall–Kier alpha value is -0.610. The van der Waals surface area contributed by atoms with Gasteiger partial charge in [-0.05, 0) is 57.8 Å². The molecule has 3 fully saturated rings. The van der Waals surface area contributed by atoms with Crippen LogP contribution in [0.1, 0.15) is 32.6 Å². The van der Waals surface area contributed by atoms with Crippen molar-refractivity contribution in [2.75, 3.05) is 39.3 Å². The molecule has 4 nitrogen and oxygen atoms in total. The van der Waals surface area contributed by atoms with E-state index in [2.05, 4.69) is 22.0 Å². The van der Waals surface area contributed by atoms with Gasteiger partial charge in [0.2, 0.25) is 5.91 Å². The molecular weight excluding hydrogens is 238 g/mol. The second-order valence-corrected chi connectivity index (χ2v) is 6.51. The Bertz CT molecular complexity index is 315. The minimum Gasteiger partial charge on any atom is -0.342 e. The van der Waals surface area contributed by atoms with Crippen molar-refractivity contribution in [1.29, 1.82) is 0 Å². The van der Waals surface area contributed by atoms with Crippen LogP contribution in [0.2, 0.25) is 0 Å². The molecule has 1 N–H and O–H groups in total. The molecule has 3 aliphatic rings. The fraction of sp³-hybridized carbons (Fsp3) is 0.933. The minimum atomic E-state index is 0.213. The molecule has 0 aromatic carbocycles. The van der Waals surface area contributed by atoms with Gasteiger partial charge < -0.3 is 15.1 Å². The van der Waals surface area contributed by atoms with Crippen molar-refractivity contribution in [3.05, 3.63) is 0 Å². The first kappa shape index (κ1) is 13.4. The summed E-state index contributed by atoms with van der Waals surface area (Å²) in [7, 11) is 0. The molecule has 3 rings (SSSR count). The number of likely N-dealkylation sites (tertiary alicyclic amines) is 2. The first-order valence-corrected chi connectivity index (χ1v) is 7.99. The van der Waals surface area contributed by atoms with Gasteiger partial charge in [-0.25, -0.2) is 0 Å². The zero-order valence-corrected chi connectivity index (χ0v) is 12.1. The number of carbonyl (C=O) groups is 1. The Balaban J connectivity index is 1.47. The van der Waals surface area contributed by atoms with Crippen molar-refractivity contribution in [2.45, 2.75) is 38.6 Å². The summed E-state index contributed by atoms with van der Waals surface area (Å²) >= 11 is 0. The second kappa shape index (κ2) is 5.80. The van der Waals surface area contributed by atoms with Crippen LogP contribution in [-0.4, -0.2) is 61.0 Å². The highest BCUT2D eigenvalue weighted by Crippen LogP contribution is 2.24. The van der Waals surface area contributed by atoms with Crippen LogP contribution in [0.5, 0.6) is 0 Å². The van der Waals surface area contributed by atoms with Gasteiger partial charge in [0.25, 0.3) is 0 Å². The Labute approximate surface area is 116 Å². The number of hydrogen-bond acceptors (Lipinski definition) is 3. The summed E-state index contributed by atoms with van der Waals surface area (Å²) < 4.78 is 0. The van der Waals surface area contributed by atoms with Gasteiger partial charge in [0.15, 0.2) is 0 Å². The van der Waals surface area contributed by atoms with Crippen molar-refractivity contribution in [3.63, 3.8) is 0 Å². The molecule has 1 atom stereocenters. The summed E-state index contributed by atoms with van der Waals surface area (Å²) in [6.45, 7) is 8.68. The largest absolute Gasteiger partial charge is 0.342 e. The lowest BCUT2D eigenvalue weighted by Crippen LogP contribution is -2.52. The zero-order chi connectivity index (χ0) is 13.2. The topological polar surface area (TPSA) is 35.6 Å². The van der Waals surface area contributed by atoms with E-state index in [0.717, 1.165) is 32.2 Å². The third kappa shape index (κ3) is 2.79. The van der Waals surface area contributed by atoms with Gasteiger partial charge in [-0.2, -0.15) is 0 Å². The highest BCUT2D eigenvalue weighted by molar-refractivity contribution is 5.79. The van der Waals surface area contributed by atoms with Crippen molar-refractivity contribution in [1.82, 2.24) is 15.1 Å². The minimum absolute atomic E-state index is 0.213. The highest BCUT2D eigenvalue weighted by Gasteiger charge is 2.34. The standard InChI is InChI=1S/C15H27N3O/c1-12(13-10-16-11-13)15(19)18-8-4-14(5-9-18)17-6-2-3-7-17/h12-14,16H,2-11H2,1H3. The Kier molecular flexibility index (Phi) is 4.08. The summed E-state index contributed by atoms with van der Waals surface area (Å²) in [5, 5.41) is 3.27. The number of nitrogens with zero attached hydrogens (tertiary/aromatic N) is 2. The first-order valence-electron chi connectivity index (χ1n) is 7.99. The lowest BCUT2D eigenvalue weighted by Gasteiger charge is -2.40. The van der Waals surface area contributed by atoms with Crippen LogP contribution in [0, 0.1) is 11.8 Å².